The van der Waals surface area contributed by atoms with E-state index in [0.717, 1.165) is 13.1 Å². The first-order chi connectivity index (χ1) is 17.2. The summed E-state index contributed by atoms with van der Waals surface area (Å²) in [6.45, 7) is 11.7. The van der Waals surface area contributed by atoms with E-state index in [1.165, 1.54) is 0 Å². The van der Waals surface area contributed by atoms with Gasteiger partial charge in [-0.3, -0.25) is 9.13 Å². The number of ether oxygens (including phenoxy) is 3. The summed E-state index contributed by atoms with van der Waals surface area (Å²) in [5.41, 5.74) is 0. The summed E-state index contributed by atoms with van der Waals surface area (Å²) in [4.78, 5) is 2.20. The predicted molar refractivity (Wildman–Crippen MR) is 144 cm³/mol. The Bertz CT molecular complexity index is 817. The van der Waals surface area contributed by atoms with Crippen LogP contribution in [0.1, 0.15) is 27.7 Å². The quantitative estimate of drug-likeness (QED) is 0.361. The van der Waals surface area contributed by atoms with Crippen LogP contribution in [0.15, 0.2) is 0 Å². The van der Waals surface area contributed by atoms with Crippen molar-refractivity contribution in [3.63, 3.8) is 0 Å². The van der Waals surface area contributed by atoms with Gasteiger partial charge in [-0.1, -0.05) is 0 Å². The zero-order chi connectivity index (χ0) is 27.5. The maximum Gasteiger partial charge on any atom is 0.345 e. The fraction of sp³-hybridized carbons (Fsp3) is 1.00. The maximum atomic E-state index is 14.2. The molecule has 218 valence electrons. The number of hydrogen-bond donors (Lipinski definition) is 0. The van der Waals surface area contributed by atoms with Crippen LogP contribution >= 0.6 is 15.3 Å². The van der Waals surface area contributed by atoms with Crippen molar-refractivity contribution >= 4 is 15.3 Å². The van der Waals surface area contributed by atoms with E-state index in [-0.39, 0.29) is 43.7 Å². The van der Waals surface area contributed by atoms with Gasteiger partial charge in [0.1, 0.15) is 0 Å². The molecule has 3 fully saturated rings. The third-order valence-corrected chi connectivity index (χ3v) is 11.9. The Labute approximate surface area is 223 Å². The molecule has 0 aromatic carbocycles. The number of hydrogen-bond acceptors (Lipinski definition) is 8. The first-order valence-electron chi connectivity index (χ1n) is 13.2. The van der Waals surface area contributed by atoms with Gasteiger partial charge in [0, 0.05) is 39.3 Å². The molecule has 0 bridgehead atoms. The lowest BCUT2D eigenvalue weighted by molar-refractivity contribution is -0.0929. The third-order valence-electron chi connectivity index (χ3n) is 6.80. The molecule has 0 amide bonds. The predicted octanol–water partition coefficient (Wildman–Crippen LogP) is 2.28. The highest BCUT2D eigenvalue weighted by atomic mass is 31.2. The van der Waals surface area contributed by atoms with Crippen LogP contribution in [0, 0.1) is 0 Å². The summed E-state index contributed by atoms with van der Waals surface area (Å²) in [6, 6.07) is 0. The molecular formula is C23H49N5O7P2. The van der Waals surface area contributed by atoms with Crippen LogP contribution in [0.2, 0.25) is 0 Å². The molecule has 14 heteroatoms. The largest absolute Gasteiger partial charge is 0.373 e. The summed E-state index contributed by atoms with van der Waals surface area (Å²) in [7, 11) is 2.48. The fourth-order valence-corrected chi connectivity index (χ4v) is 9.52. The second-order valence-electron chi connectivity index (χ2n) is 11.1. The van der Waals surface area contributed by atoms with Gasteiger partial charge in [0.25, 0.3) is 0 Å². The first-order valence-corrected chi connectivity index (χ1v) is 16.3. The molecule has 8 unspecified atom stereocenters. The SMILES string of the molecule is CC1CN(P(=O)(OCC2CN(P(=O)(OCC3CN(C)CC(C)O3)N(C)C)CC(C)O2)N(C)C)CC(C)O1. The van der Waals surface area contributed by atoms with Crippen molar-refractivity contribution in [2.45, 2.75) is 64.3 Å². The lowest BCUT2D eigenvalue weighted by Gasteiger charge is -2.44. The molecule has 3 aliphatic rings. The minimum Gasteiger partial charge on any atom is -0.373 e. The van der Waals surface area contributed by atoms with E-state index in [9.17, 15) is 9.13 Å². The number of rotatable bonds is 10. The van der Waals surface area contributed by atoms with Crippen molar-refractivity contribution in [3.8, 4) is 0 Å². The van der Waals surface area contributed by atoms with E-state index in [2.05, 4.69) is 11.9 Å². The lowest BCUT2D eigenvalue weighted by atomic mass is 10.2. The van der Waals surface area contributed by atoms with Gasteiger partial charge < -0.3 is 28.2 Å². The fourth-order valence-electron chi connectivity index (χ4n) is 5.30. The van der Waals surface area contributed by atoms with Crippen molar-refractivity contribution in [2.24, 2.45) is 0 Å². The maximum absolute atomic E-state index is 14.2. The lowest BCUT2D eigenvalue weighted by Crippen LogP contribution is -2.50. The van der Waals surface area contributed by atoms with Gasteiger partial charge in [-0.05, 0) is 62.9 Å². The van der Waals surface area contributed by atoms with E-state index < -0.39 is 21.4 Å². The minimum absolute atomic E-state index is 0.0406. The van der Waals surface area contributed by atoms with Crippen LogP contribution in [0.3, 0.4) is 0 Å². The van der Waals surface area contributed by atoms with Crippen LogP contribution in [0.4, 0.5) is 0 Å². The Morgan fingerprint density at radius 1 is 0.649 bits per heavy atom. The zero-order valence-electron chi connectivity index (χ0n) is 24.1. The number of morpholine rings is 3. The minimum atomic E-state index is -3.35. The molecule has 3 rings (SSSR count). The van der Waals surface area contributed by atoms with Gasteiger partial charge in [0.15, 0.2) is 0 Å². The van der Waals surface area contributed by atoms with Crippen LogP contribution in [-0.2, 0) is 32.4 Å². The van der Waals surface area contributed by atoms with E-state index in [4.69, 9.17) is 23.3 Å². The molecule has 37 heavy (non-hydrogen) atoms. The van der Waals surface area contributed by atoms with Crippen LogP contribution in [0.5, 0.6) is 0 Å². The van der Waals surface area contributed by atoms with Crippen molar-refractivity contribution in [1.82, 2.24) is 23.6 Å². The van der Waals surface area contributed by atoms with Crippen LogP contribution in [-0.4, -0.2) is 148 Å². The van der Waals surface area contributed by atoms with Crippen molar-refractivity contribution < 1.29 is 32.4 Å². The highest BCUT2D eigenvalue weighted by molar-refractivity contribution is 7.54. The van der Waals surface area contributed by atoms with E-state index in [0.29, 0.717) is 26.2 Å². The van der Waals surface area contributed by atoms with Gasteiger partial charge in [-0.15, -0.1) is 0 Å². The summed E-state index contributed by atoms with van der Waals surface area (Å²) in [5, 5.41) is 0. The topological polar surface area (TPSA) is 96.5 Å². The van der Waals surface area contributed by atoms with Crippen molar-refractivity contribution in [3.05, 3.63) is 0 Å². The van der Waals surface area contributed by atoms with Gasteiger partial charge in [0.2, 0.25) is 0 Å². The molecule has 0 aromatic rings. The molecule has 0 radical (unpaired) electrons. The van der Waals surface area contributed by atoms with Gasteiger partial charge >= 0.3 is 15.3 Å². The highest BCUT2D eigenvalue weighted by Gasteiger charge is 2.44. The molecule has 3 aliphatic heterocycles. The van der Waals surface area contributed by atoms with E-state index in [1.807, 2.05) is 37.0 Å². The standard InChI is InChI=1S/C23H49N5O7P2/c1-18-10-26(9)14-22(34-18)16-31-37(30,25(7)8)28-13-21(4)35-23(15-28)17-32-36(29,24(5)6)27-11-19(2)33-20(3)12-27/h18-23H,10-17H2,1-9H3. The molecule has 3 saturated heterocycles. The summed E-state index contributed by atoms with van der Waals surface area (Å²) in [5.74, 6) is 0. The Kier molecular flexibility index (Phi) is 11.2. The third kappa shape index (κ3) is 8.06. The normalized spacial score (nSPS) is 36.5. The molecule has 0 N–H and O–H groups in total. The van der Waals surface area contributed by atoms with Crippen LogP contribution in [0.25, 0.3) is 0 Å². The van der Waals surface area contributed by atoms with Crippen molar-refractivity contribution in [2.75, 3.05) is 87.7 Å². The van der Waals surface area contributed by atoms with Crippen molar-refractivity contribution in [1.29, 1.82) is 0 Å². The Balaban J connectivity index is 1.67. The monoisotopic (exact) mass is 569 g/mol. The van der Waals surface area contributed by atoms with E-state index in [1.54, 1.807) is 37.5 Å². The smallest absolute Gasteiger partial charge is 0.345 e. The Hall–Kier alpha value is 0.0600. The molecule has 0 saturated carbocycles. The second kappa shape index (κ2) is 13.1. The molecule has 0 aromatic heterocycles. The molecule has 8 atom stereocenters. The highest BCUT2D eigenvalue weighted by Crippen LogP contribution is 2.55. The first kappa shape index (κ1) is 31.6. The van der Waals surface area contributed by atoms with Gasteiger partial charge in [-0.2, -0.15) is 0 Å². The van der Waals surface area contributed by atoms with Crippen LogP contribution < -0.4 is 0 Å². The average molecular weight is 570 g/mol. The van der Waals surface area contributed by atoms with Gasteiger partial charge in [0.05, 0.1) is 49.8 Å². The molecule has 0 spiro atoms. The van der Waals surface area contributed by atoms with E-state index >= 15 is 0 Å². The zero-order valence-corrected chi connectivity index (χ0v) is 25.9. The summed E-state index contributed by atoms with van der Waals surface area (Å²) in [6.07, 6.45) is -0.743. The number of likely N-dealkylation sites (N-methyl/N-ethyl adjacent to an activating group) is 1. The molecule has 3 heterocycles. The van der Waals surface area contributed by atoms with Gasteiger partial charge in [-0.25, -0.2) is 18.7 Å². The Morgan fingerprint density at radius 3 is 1.46 bits per heavy atom. The summed E-state index contributed by atoms with van der Waals surface area (Å²) >= 11 is 0. The average Bonchev–Trinajstić information content (AvgIpc) is 2.79. The summed E-state index contributed by atoms with van der Waals surface area (Å²) < 4.78 is 65.5. The molecule has 12 nitrogen and oxygen atoms in total. The molecule has 0 aliphatic carbocycles. The second-order valence-corrected chi connectivity index (χ2v) is 16.3. The Morgan fingerprint density at radius 2 is 1.03 bits per heavy atom. The molecular weight excluding hydrogens is 520 g/mol. The number of nitrogens with zero attached hydrogens (tertiary/aromatic N) is 5.